The summed E-state index contributed by atoms with van der Waals surface area (Å²) in [4.78, 5) is 28.4. The Morgan fingerprint density at radius 3 is 1.77 bits per heavy atom. The Hall–Kier alpha value is -4.81. The summed E-state index contributed by atoms with van der Waals surface area (Å²) in [6.07, 6.45) is -0.635. The van der Waals surface area contributed by atoms with Crippen LogP contribution in [-0.2, 0) is 14.3 Å². The number of fused-ring (bicyclic) bond motifs is 3. The lowest BCUT2D eigenvalue weighted by molar-refractivity contribution is -0.141. The smallest absolute Gasteiger partial charge is 0.415 e. The number of nitrogens with zero attached hydrogens (tertiary/aromatic N) is 1. The van der Waals surface area contributed by atoms with Gasteiger partial charge in [-0.2, -0.15) is 12.6 Å². The van der Waals surface area contributed by atoms with Crippen LogP contribution in [0, 0.1) is 0 Å². The maximum absolute atomic E-state index is 14.0. The van der Waals surface area contributed by atoms with Crippen molar-refractivity contribution in [3.05, 3.63) is 161 Å². The lowest BCUT2D eigenvalue weighted by atomic mass is 9.85. The minimum Gasteiger partial charge on any atom is -0.467 e. The second kappa shape index (κ2) is 13.2. The number of benzene rings is 5. The van der Waals surface area contributed by atoms with Gasteiger partial charge in [-0.05, 0) is 51.1 Å². The largest absolute Gasteiger partial charge is 0.467 e. The Kier molecular flexibility index (Phi) is 8.80. The molecule has 0 unspecified atom stereocenters. The van der Waals surface area contributed by atoms with Crippen LogP contribution in [-0.4, -0.2) is 37.6 Å². The monoisotopic (exact) mass is 599 g/mol. The molecule has 0 saturated carbocycles. The fourth-order valence-electron chi connectivity index (χ4n) is 6.20. The van der Waals surface area contributed by atoms with Gasteiger partial charge in [0.25, 0.3) is 0 Å². The van der Waals surface area contributed by atoms with Crippen LogP contribution < -0.4 is 4.90 Å². The normalized spacial score (nSPS) is 12.7. The van der Waals surface area contributed by atoms with E-state index in [4.69, 9.17) is 9.47 Å². The number of carbonyl (C=O) groups is 2. The predicted molar refractivity (Wildman–Crippen MR) is 177 cm³/mol. The molecule has 5 aromatic carbocycles. The number of rotatable bonds is 9. The van der Waals surface area contributed by atoms with Gasteiger partial charge in [-0.25, -0.2) is 9.59 Å². The first-order valence-corrected chi connectivity index (χ1v) is 15.3. The molecule has 6 rings (SSSR count). The molecule has 1 amide bonds. The third-order valence-corrected chi connectivity index (χ3v) is 8.58. The van der Waals surface area contributed by atoms with E-state index in [1.54, 1.807) is 0 Å². The highest BCUT2D eigenvalue weighted by molar-refractivity contribution is 7.80. The van der Waals surface area contributed by atoms with Gasteiger partial charge in [0.2, 0.25) is 0 Å². The molecule has 0 bridgehead atoms. The Balaban J connectivity index is 1.36. The molecule has 0 N–H and O–H groups in total. The zero-order valence-corrected chi connectivity index (χ0v) is 25.3. The van der Waals surface area contributed by atoms with Crippen LogP contribution in [0.1, 0.15) is 39.7 Å². The average molecular weight is 600 g/mol. The molecule has 0 fully saturated rings. The van der Waals surface area contributed by atoms with Gasteiger partial charge in [-0.15, -0.1) is 0 Å². The molecule has 1 aliphatic rings. The molecular formula is C38H33NO4S. The molecular weight excluding hydrogens is 566 g/mol. The Bertz CT molecular complexity index is 1670. The predicted octanol–water partition coefficient (Wildman–Crippen LogP) is 8.09. The molecule has 0 saturated heterocycles. The van der Waals surface area contributed by atoms with E-state index in [9.17, 15) is 9.59 Å². The number of ether oxygens (including phenoxy) is 2. The van der Waals surface area contributed by atoms with E-state index in [0.717, 1.165) is 38.9 Å². The van der Waals surface area contributed by atoms with Gasteiger partial charge < -0.3 is 9.47 Å². The summed E-state index contributed by atoms with van der Waals surface area (Å²) >= 11 is 4.45. The summed E-state index contributed by atoms with van der Waals surface area (Å²) in [6, 6.07) is 43.6. The van der Waals surface area contributed by atoms with E-state index < -0.39 is 18.1 Å². The molecule has 1 aliphatic carbocycles. The molecule has 0 heterocycles. The first-order valence-electron chi connectivity index (χ1n) is 14.6. The van der Waals surface area contributed by atoms with Crippen molar-refractivity contribution in [3.63, 3.8) is 0 Å². The number of thiol groups is 1. The van der Waals surface area contributed by atoms with Crippen molar-refractivity contribution in [1.82, 2.24) is 0 Å². The van der Waals surface area contributed by atoms with Gasteiger partial charge in [-0.3, -0.25) is 4.90 Å². The Morgan fingerprint density at radius 2 is 1.23 bits per heavy atom. The Morgan fingerprint density at radius 1 is 0.705 bits per heavy atom. The summed E-state index contributed by atoms with van der Waals surface area (Å²) in [5.74, 6) is -0.717. The second-order valence-corrected chi connectivity index (χ2v) is 11.1. The van der Waals surface area contributed by atoms with Crippen LogP contribution in [0.25, 0.3) is 11.1 Å². The van der Waals surface area contributed by atoms with Gasteiger partial charge in [0.05, 0.1) is 7.11 Å². The summed E-state index contributed by atoms with van der Waals surface area (Å²) in [6.45, 7) is 0.125. The number of hydrogen-bond donors (Lipinski definition) is 1. The van der Waals surface area contributed by atoms with Crippen molar-refractivity contribution < 1.29 is 19.1 Å². The topological polar surface area (TPSA) is 55.8 Å². The van der Waals surface area contributed by atoms with E-state index in [2.05, 4.69) is 61.2 Å². The highest BCUT2D eigenvalue weighted by atomic mass is 32.1. The highest BCUT2D eigenvalue weighted by Gasteiger charge is 2.35. The van der Waals surface area contributed by atoms with Gasteiger partial charge in [-0.1, -0.05) is 121 Å². The minimum absolute atomic E-state index is 0.0574. The third-order valence-electron chi connectivity index (χ3n) is 8.24. The van der Waals surface area contributed by atoms with Crippen LogP contribution in [0.4, 0.5) is 10.5 Å². The average Bonchev–Trinajstić information content (AvgIpc) is 3.40. The van der Waals surface area contributed by atoms with Crippen molar-refractivity contribution in [2.75, 3.05) is 24.4 Å². The summed E-state index contributed by atoms with van der Waals surface area (Å²) in [5, 5.41) is 0. The zero-order chi connectivity index (χ0) is 30.5. The van der Waals surface area contributed by atoms with Crippen LogP contribution >= 0.6 is 12.6 Å². The minimum atomic E-state index is -0.985. The Labute approximate surface area is 263 Å². The molecule has 220 valence electrons. The molecule has 0 aromatic heterocycles. The molecule has 5 nitrogen and oxygen atoms in total. The first-order chi connectivity index (χ1) is 21.6. The number of anilines is 1. The summed E-state index contributed by atoms with van der Waals surface area (Å²) < 4.78 is 11.2. The number of esters is 1. The van der Waals surface area contributed by atoms with Gasteiger partial charge in [0, 0.05) is 23.3 Å². The van der Waals surface area contributed by atoms with E-state index in [1.807, 2.05) is 84.9 Å². The first kappa shape index (κ1) is 29.3. The maximum atomic E-state index is 14.0. The number of carbonyl (C=O) groups excluding carboxylic acids is 2. The zero-order valence-electron chi connectivity index (χ0n) is 24.4. The van der Waals surface area contributed by atoms with E-state index >= 15 is 0 Å². The van der Waals surface area contributed by atoms with E-state index in [0.29, 0.717) is 5.69 Å². The summed E-state index contributed by atoms with van der Waals surface area (Å²) in [5.41, 5.74) is 8.24. The standard InChI is InChI=1S/C38H33NO4S/c1-42-37(40)35(25-44)39(38(41)43-24-34-32-21-10-8-19-30(32)31-20-9-11-22-33(31)34)29-18-12-17-28(23-29)36(26-13-4-2-5-14-26)27-15-6-3-7-16-27/h2-23,34-36,44H,24-25H2,1H3/t35-/m0/s1. The van der Waals surface area contributed by atoms with Crippen LogP contribution in [0.2, 0.25) is 0 Å². The number of amides is 1. The quantitative estimate of drug-likeness (QED) is 0.106. The van der Waals surface area contributed by atoms with Crippen molar-refractivity contribution >= 4 is 30.4 Å². The third kappa shape index (κ3) is 5.73. The number of hydrogen-bond acceptors (Lipinski definition) is 5. The molecule has 0 spiro atoms. The van der Waals surface area contributed by atoms with E-state index in [1.165, 1.54) is 12.0 Å². The SMILES string of the molecule is COC(=O)[C@H](CS)N(C(=O)OCC1c2ccccc2-c2ccccc21)c1cccc(C(c2ccccc2)c2ccccc2)c1. The van der Waals surface area contributed by atoms with Crippen molar-refractivity contribution in [2.45, 2.75) is 17.9 Å². The van der Waals surface area contributed by atoms with Gasteiger partial charge >= 0.3 is 12.1 Å². The molecule has 1 atom stereocenters. The van der Waals surface area contributed by atoms with Crippen molar-refractivity contribution in [1.29, 1.82) is 0 Å². The molecule has 6 heteroatoms. The maximum Gasteiger partial charge on any atom is 0.415 e. The summed E-state index contributed by atoms with van der Waals surface area (Å²) in [7, 11) is 1.31. The van der Waals surface area contributed by atoms with Gasteiger partial charge in [0.15, 0.2) is 0 Å². The van der Waals surface area contributed by atoms with Gasteiger partial charge in [0.1, 0.15) is 12.6 Å². The second-order valence-electron chi connectivity index (χ2n) is 10.7. The van der Waals surface area contributed by atoms with Crippen LogP contribution in [0.5, 0.6) is 0 Å². The molecule has 44 heavy (non-hydrogen) atoms. The number of methoxy groups -OCH3 is 1. The lowest BCUT2D eigenvalue weighted by Gasteiger charge is -2.30. The van der Waals surface area contributed by atoms with Crippen LogP contribution in [0.3, 0.4) is 0 Å². The van der Waals surface area contributed by atoms with Crippen molar-refractivity contribution in [3.8, 4) is 11.1 Å². The highest BCUT2D eigenvalue weighted by Crippen LogP contribution is 2.44. The lowest BCUT2D eigenvalue weighted by Crippen LogP contribution is -2.47. The fourth-order valence-corrected chi connectivity index (χ4v) is 6.51. The molecule has 0 radical (unpaired) electrons. The van der Waals surface area contributed by atoms with Crippen LogP contribution in [0.15, 0.2) is 133 Å². The van der Waals surface area contributed by atoms with Crippen molar-refractivity contribution in [2.24, 2.45) is 0 Å². The molecule has 0 aliphatic heterocycles. The fraction of sp³-hybridized carbons (Fsp3) is 0.158. The molecule has 5 aromatic rings. The van der Waals surface area contributed by atoms with E-state index in [-0.39, 0.29) is 24.2 Å².